The maximum absolute atomic E-state index is 11.1. The van der Waals surface area contributed by atoms with E-state index >= 15 is 0 Å². The van der Waals surface area contributed by atoms with Gasteiger partial charge in [0.05, 0.1) is 11.4 Å². The van der Waals surface area contributed by atoms with Gasteiger partial charge in [0.2, 0.25) is 5.91 Å². The molecule has 1 aliphatic heterocycles. The zero-order valence-corrected chi connectivity index (χ0v) is 8.43. The molecule has 2 rings (SSSR count). The Labute approximate surface area is 89.9 Å². The molecule has 0 aliphatic carbocycles. The Balaban J connectivity index is 2.28. The van der Waals surface area contributed by atoms with E-state index in [0.29, 0.717) is 17.1 Å². The van der Waals surface area contributed by atoms with Crippen molar-refractivity contribution in [1.29, 1.82) is 0 Å². The number of rotatable bonds is 1. The van der Waals surface area contributed by atoms with Gasteiger partial charge in [-0.15, -0.1) is 11.8 Å². The Hall–Kier alpha value is -1.69. The van der Waals surface area contributed by atoms with Crippen LogP contribution in [0.4, 0.5) is 16.2 Å². The second-order valence-electron chi connectivity index (χ2n) is 2.98. The lowest BCUT2D eigenvalue weighted by molar-refractivity contribution is -0.113. The zero-order valence-electron chi connectivity index (χ0n) is 7.61. The number of hydrogen-bond donors (Lipinski definition) is 3. The number of nitrogens with one attached hydrogen (secondary N) is 2. The Morgan fingerprint density at radius 3 is 3.07 bits per heavy atom. The SMILES string of the molecule is O=C(O)Nc1ccc2c(c1)NC(=O)CS2. The van der Waals surface area contributed by atoms with E-state index in [1.54, 1.807) is 18.2 Å². The molecule has 0 unspecified atom stereocenters. The molecule has 1 aromatic rings. The van der Waals surface area contributed by atoms with Gasteiger partial charge in [-0.2, -0.15) is 0 Å². The topological polar surface area (TPSA) is 78.4 Å². The van der Waals surface area contributed by atoms with Crippen LogP contribution in [0.3, 0.4) is 0 Å². The molecule has 2 amide bonds. The van der Waals surface area contributed by atoms with Gasteiger partial charge in [0.1, 0.15) is 0 Å². The number of amides is 2. The molecular formula is C9H8N2O3S. The van der Waals surface area contributed by atoms with Gasteiger partial charge in [-0.3, -0.25) is 10.1 Å². The molecular weight excluding hydrogens is 216 g/mol. The molecule has 1 aromatic carbocycles. The Kier molecular flexibility index (Phi) is 2.51. The van der Waals surface area contributed by atoms with E-state index in [-0.39, 0.29) is 5.91 Å². The number of fused-ring (bicyclic) bond motifs is 1. The molecule has 0 fully saturated rings. The fourth-order valence-electron chi connectivity index (χ4n) is 1.28. The number of hydrogen-bond acceptors (Lipinski definition) is 3. The smallest absolute Gasteiger partial charge is 0.409 e. The van der Waals surface area contributed by atoms with Crippen LogP contribution >= 0.6 is 11.8 Å². The van der Waals surface area contributed by atoms with Crippen LogP contribution in [0, 0.1) is 0 Å². The van der Waals surface area contributed by atoms with Crippen LogP contribution in [0.5, 0.6) is 0 Å². The number of carbonyl (C=O) groups excluding carboxylic acids is 1. The van der Waals surface area contributed by atoms with Crippen LogP contribution < -0.4 is 10.6 Å². The van der Waals surface area contributed by atoms with Crippen molar-refractivity contribution in [3.8, 4) is 0 Å². The Morgan fingerprint density at radius 2 is 2.33 bits per heavy atom. The predicted molar refractivity (Wildman–Crippen MR) is 57.4 cm³/mol. The highest BCUT2D eigenvalue weighted by Gasteiger charge is 2.15. The van der Waals surface area contributed by atoms with Gasteiger partial charge in [0, 0.05) is 10.6 Å². The van der Waals surface area contributed by atoms with Gasteiger partial charge in [-0.1, -0.05) is 0 Å². The van der Waals surface area contributed by atoms with Crippen LogP contribution in [-0.4, -0.2) is 22.9 Å². The Bertz CT molecular complexity index is 433. The molecule has 6 heteroatoms. The number of anilines is 2. The van der Waals surface area contributed by atoms with Crippen LogP contribution in [0.15, 0.2) is 23.1 Å². The number of benzene rings is 1. The summed E-state index contributed by atoms with van der Waals surface area (Å²) in [5.74, 6) is 0.332. The fraction of sp³-hybridized carbons (Fsp3) is 0.111. The lowest BCUT2D eigenvalue weighted by atomic mass is 10.2. The second kappa shape index (κ2) is 3.82. The second-order valence-corrected chi connectivity index (χ2v) is 4.00. The zero-order chi connectivity index (χ0) is 10.8. The molecule has 0 atom stereocenters. The molecule has 0 saturated heterocycles. The van der Waals surface area contributed by atoms with Crippen LogP contribution in [0.1, 0.15) is 0 Å². The highest BCUT2D eigenvalue weighted by Crippen LogP contribution is 2.33. The van der Waals surface area contributed by atoms with Gasteiger partial charge >= 0.3 is 6.09 Å². The first-order valence-electron chi connectivity index (χ1n) is 4.22. The van der Waals surface area contributed by atoms with Gasteiger partial charge in [0.15, 0.2) is 0 Å². The number of carboxylic acid groups (broad SMARTS) is 1. The lowest BCUT2D eigenvalue weighted by Gasteiger charge is -2.16. The summed E-state index contributed by atoms with van der Waals surface area (Å²) in [6.45, 7) is 0. The van der Waals surface area contributed by atoms with Crippen LogP contribution in [0.2, 0.25) is 0 Å². The van der Waals surface area contributed by atoms with Crippen molar-refractivity contribution in [2.24, 2.45) is 0 Å². The molecule has 78 valence electrons. The molecule has 0 bridgehead atoms. The van der Waals surface area contributed by atoms with Crippen molar-refractivity contribution in [1.82, 2.24) is 0 Å². The van der Waals surface area contributed by atoms with Crippen LogP contribution in [-0.2, 0) is 4.79 Å². The maximum atomic E-state index is 11.1. The van der Waals surface area contributed by atoms with Gasteiger partial charge < -0.3 is 10.4 Å². The molecule has 3 N–H and O–H groups in total. The summed E-state index contributed by atoms with van der Waals surface area (Å²) in [5, 5.41) is 13.4. The van der Waals surface area contributed by atoms with E-state index in [4.69, 9.17) is 5.11 Å². The highest BCUT2D eigenvalue weighted by molar-refractivity contribution is 8.00. The largest absolute Gasteiger partial charge is 0.465 e. The predicted octanol–water partition coefficient (Wildman–Crippen LogP) is 1.82. The van der Waals surface area contributed by atoms with Gasteiger partial charge in [-0.25, -0.2) is 4.79 Å². The van der Waals surface area contributed by atoms with E-state index in [9.17, 15) is 9.59 Å². The highest BCUT2D eigenvalue weighted by atomic mass is 32.2. The molecule has 0 aromatic heterocycles. The molecule has 0 radical (unpaired) electrons. The van der Waals surface area contributed by atoms with Crippen molar-refractivity contribution in [3.63, 3.8) is 0 Å². The molecule has 1 heterocycles. The average molecular weight is 224 g/mol. The van der Waals surface area contributed by atoms with E-state index < -0.39 is 6.09 Å². The fourth-order valence-corrected chi connectivity index (χ4v) is 2.07. The van der Waals surface area contributed by atoms with Crippen molar-refractivity contribution in [3.05, 3.63) is 18.2 Å². The Morgan fingerprint density at radius 1 is 1.53 bits per heavy atom. The molecule has 0 saturated carbocycles. The summed E-state index contributed by atoms with van der Waals surface area (Å²) in [4.78, 5) is 22.4. The average Bonchev–Trinajstić information content (AvgIpc) is 2.16. The first kappa shape index (κ1) is 9.85. The summed E-state index contributed by atoms with van der Waals surface area (Å²) >= 11 is 1.44. The summed E-state index contributed by atoms with van der Waals surface area (Å²) in [5.41, 5.74) is 1.10. The summed E-state index contributed by atoms with van der Waals surface area (Å²) in [6, 6.07) is 5.05. The summed E-state index contributed by atoms with van der Waals surface area (Å²) in [7, 11) is 0. The number of thioether (sulfide) groups is 1. The maximum Gasteiger partial charge on any atom is 0.409 e. The van der Waals surface area contributed by atoms with Crippen molar-refractivity contribution in [2.75, 3.05) is 16.4 Å². The minimum Gasteiger partial charge on any atom is -0.465 e. The van der Waals surface area contributed by atoms with E-state index in [0.717, 1.165) is 4.90 Å². The third kappa shape index (κ3) is 2.21. The van der Waals surface area contributed by atoms with E-state index in [2.05, 4.69) is 10.6 Å². The molecule has 0 spiro atoms. The first-order chi connectivity index (χ1) is 7.15. The van der Waals surface area contributed by atoms with Crippen LogP contribution in [0.25, 0.3) is 0 Å². The standard InChI is InChI=1S/C9H8N2O3S/c12-8-4-15-7-2-1-5(10-9(13)14)3-6(7)11-8/h1-3,10H,4H2,(H,11,12)(H,13,14). The lowest BCUT2D eigenvalue weighted by Crippen LogP contribution is -2.19. The number of carbonyl (C=O) groups is 2. The van der Waals surface area contributed by atoms with E-state index in [1.807, 2.05) is 0 Å². The van der Waals surface area contributed by atoms with E-state index in [1.165, 1.54) is 11.8 Å². The third-order valence-corrected chi connectivity index (χ3v) is 2.94. The molecule has 15 heavy (non-hydrogen) atoms. The minimum absolute atomic E-state index is 0.0695. The quantitative estimate of drug-likeness (QED) is 0.680. The molecule has 5 nitrogen and oxygen atoms in total. The summed E-state index contributed by atoms with van der Waals surface area (Å²) in [6.07, 6.45) is -1.12. The third-order valence-electron chi connectivity index (χ3n) is 1.86. The van der Waals surface area contributed by atoms with Crippen molar-refractivity contribution < 1.29 is 14.7 Å². The molecule has 1 aliphatic rings. The minimum atomic E-state index is -1.12. The van der Waals surface area contributed by atoms with Gasteiger partial charge in [0.25, 0.3) is 0 Å². The first-order valence-corrected chi connectivity index (χ1v) is 5.20. The van der Waals surface area contributed by atoms with Crippen molar-refractivity contribution in [2.45, 2.75) is 4.90 Å². The summed E-state index contributed by atoms with van der Waals surface area (Å²) < 4.78 is 0. The van der Waals surface area contributed by atoms with Crippen molar-refractivity contribution >= 4 is 35.1 Å². The normalized spacial score (nSPS) is 14.0. The van der Waals surface area contributed by atoms with Gasteiger partial charge in [-0.05, 0) is 18.2 Å². The monoisotopic (exact) mass is 224 g/mol.